The van der Waals surface area contributed by atoms with E-state index in [9.17, 15) is 27.6 Å². The summed E-state index contributed by atoms with van der Waals surface area (Å²) in [4.78, 5) is 38.3. The van der Waals surface area contributed by atoms with Crippen LogP contribution >= 0.6 is 15.9 Å². The topological polar surface area (TPSA) is 120 Å². The van der Waals surface area contributed by atoms with Crippen molar-refractivity contribution in [2.75, 3.05) is 19.6 Å². The number of alkyl halides is 3. The number of hydrogen-bond donors (Lipinski definition) is 2. The van der Waals surface area contributed by atoms with E-state index in [1.807, 2.05) is 45.0 Å². The smallest absolute Gasteiger partial charge is 0.340 e. The van der Waals surface area contributed by atoms with E-state index in [-0.39, 0.29) is 11.3 Å². The molecular weight excluding hydrogens is 569 g/mol. The Labute approximate surface area is 228 Å². The lowest BCUT2D eigenvalue weighted by Gasteiger charge is -2.22. The lowest BCUT2D eigenvalue weighted by molar-refractivity contribution is -0.174. The van der Waals surface area contributed by atoms with Gasteiger partial charge in [0, 0.05) is 13.1 Å². The molecule has 0 spiro atoms. The molecular formula is C25H34BrF3N6O3. The molecule has 3 amide bonds. The number of nitrogens with zero attached hydrogens (tertiary/aromatic N) is 4. The molecule has 38 heavy (non-hydrogen) atoms. The molecule has 1 aliphatic heterocycles. The molecule has 2 atom stereocenters. The second-order valence-corrected chi connectivity index (χ2v) is 11.0. The number of halogens is 4. The number of nitrogens with one attached hydrogen (secondary N) is 2. The summed E-state index contributed by atoms with van der Waals surface area (Å²) < 4.78 is 38.3. The van der Waals surface area contributed by atoms with Crippen LogP contribution in [-0.2, 0) is 14.4 Å². The van der Waals surface area contributed by atoms with Crippen LogP contribution in [0.4, 0.5) is 13.2 Å². The van der Waals surface area contributed by atoms with Crippen molar-refractivity contribution in [1.29, 1.82) is 5.26 Å². The average Bonchev–Trinajstić information content (AvgIpc) is 3.36. The maximum absolute atomic E-state index is 11.9. The number of pyridine rings is 1. The number of rotatable bonds is 5. The number of hydrogen-bond acceptors (Lipinski definition) is 5. The highest BCUT2D eigenvalue weighted by molar-refractivity contribution is 9.10. The van der Waals surface area contributed by atoms with E-state index in [1.165, 1.54) is 4.90 Å². The van der Waals surface area contributed by atoms with Crippen LogP contribution in [-0.4, -0.2) is 58.3 Å². The SMILES string of the molecule is CC(C)C.C[C@H]1CN(C(=O)CNC(=O)C(F)(F)F)CC1(C)C.N#CC(NC=O)c1cnc2cccc(Br)n12. The number of carbonyl (C=O) groups excluding carboxylic acids is 3. The van der Waals surface area contributed by atoms with Crippen LogP contribution in [0, 0.1) is 28.6 Å². The molecule has 9 nitrogen and oxygen atoms in total. The van der Waals surface area contributed by atoms with Crippen molar-refractivity contribution in [2.24, 2.45) is 17.3 Å². The molecule has 210 valence electrons. The Balaban J connectivity index is 0.000000335. The molecule has 2 N–H and O–H groups in total. The number of fused-ring (bicyclic) bond motifs is 1. The highest BCUT2D eigenvalue weighted by Crippen LogP contribution is 2.34. The first-order valence-corrected chi connectivity index (χ1v) is 12.7. The molecule has 0 bridgehead atoms. The fraction of sp³-hybridized carbons (Fsp3) is 0.560. The largest absolute Gasteiger partial charge is 0.471 e. The van der Waals surface area contributed by atoms with Crippen LogP contribution in [0.3, 0.4) is 0 Å². The third-order valence-electron chi connectivity index (χ3n) is 5.61. The summed E-state index contributed by atoms with van der Waals surface area (Å²) in [6.45, 7) is 12.9. The van der Waals surface area contributed by atoms with Crippen LogP contribution in [0.2, 0.25) is 0 Å². The highest BCUT2D eigenvalue weighted by Gasteiger charge is 2.41. The molecule has 3 heterocycles. The minimum Gasteiger partial charge on any atom is -0.340 e. The quantitative estimate of drug-likeness (QED) is 0.392. The maximum atomic E-state index is 11.9. The zero-order chi connectivity index (χ0) is 29.3. The van der Waals surface area contributed by atoms with Gasteiger partial charge in [-0.05, 0) is 45.3 Å². The molecule has 0 aromatic carbocycles. The number of aromatic nitrogens is 2. The van der Waals surface area contributed by atoms with Crippen molar-refractivity contribution in [1.82, 2.24) is 24.9 Å². The summed E-state index contributed by atoms with van der Waals surface area (Å²) in [6.07, 6.45) is -2.87. The van der Waals surface area contributed by atoms with Crippen LogP contribution in [0.15, 0.2) is 29.0 Å². The van der Waals surface area contributed by atoms with E-state index in [0.717, 1.165) is 16.2 Å². The van der Waals surface area contributed by atoms with E-state index in [2.05, 4.69) is 47.0 Å². The zero-order valence-corrected chi connectivity index (χ0v) is 23.9. The van der Waals surface area contributed by atoms with E-state index in [1.54, 1.807) is 15.9 Å². The number of nitriles is 1. The predicted molar refractivity (Wildman–Crippen MR) is 140 cm³/mol. The van der Waals surface area contributed by atoms with Crippen LogP contribution < -0.4 is 10.6 Å². The van der Waals surface area contributed by atoms with Gasteiger partial charge in [-0.3, -0.25) is 18.8 Å². The fourth-order valence-corrected chi connectivity index (χ4v) is 3.87. The normalized spacial score (nSPS) is 16.9. The number of carbonyl (C=O) groups is 3. The molecule has 0 saturated carbocycles. The molecule has 1 unspecified atom stereocenters. The van der Waals surface area contributed by atoms with Gasteiger partial charge in [-0.1, -0.05) is 47.6 Å². The monoisotopic (exact) mass is 602 g/mol. The molecule has 2 aromatic heterocycles. The molecule has 0 aliphatic carbocycles. The Bertz CT molecular complexity index is 1140. The van der Waals surface area contributed by atoms with E-state index in [4.69, 9.17) is 5.26 Å². The Morgan fingerprint density at radius 3 is 2.39 bits per heavy atom. The Morgan fingerprint density at radius 1 is 1.32 bits per heavy atom. The first-order valence-electron chi connectivity index (χ1n) is 11.9. The van der Waals surface area contributed by atoms with Crippen molar-refractivity contribution < 1.29 is 27.6 Å². The molecule has 0 radical (unpaired) electrons. The van der Waals surface area contributed by atoms with Gasteiger partial charge in [0.25, 0.3) is 0 Å². The lowest BCUT2D eigenvalue weighted by atomic mass is 9.84. The third kappa shape index (κ3) is 9.63. The second-order valence-electron chi connectivity index (χ2n) is 10.1. The lowest BCUT2D eigenvalue weighted by Crippen LogP contribution is -2.44. The number of likely N-dealkylation sites (tertiary alicyclic amines) is 1. The average molecular weight is 603 g/mol. The summed E-state index contributed by atoms with van der Waals surface area (Å²) in [5.41, 5.74) is 1.29. The molecule has 3 rings (SSSR count). The fourth-order valence-electron chi connectivity index (χ4n) is 3.33. The van der Waals surface area contributed by atoms with Gasteiger partial charge in [0.05, 0.1) is 29.1 Å². The van der Waals surface area contributed by atoms with Gasteiger partial charge in [-0.25, -0.2) is 4.98 Å². The first-order chi connectivity index (χ1) is 17.5. The molecule has 2 aromatic rings. The van der Waals surface area contributed by atoms with E-state index in [0.29, 0.717) is 25.2 Å². The molecule has 1 saturated heterocycles. The summed E-state index contributed by atoms with van der Waals surface area (Å²) in [5, 5.41) is 13.0. The predicted octanol–water partition coefficient (Wildman–Crippen LogP) is 4.24. The molecule has 1 fully saturated rings. The summed E-state index contributed by atoms with van der Waals surface area (Å²) in [7, 11) is 0. The van der Waals surface area contributed by atoms with Crippen molar-refractivity contribution in [2.45, 2.75) is 53.8 Å². The Kier molecular flexibility index (Phi) is 12.2. The Hall–Kier alpha value is -3.14. The summed E-state index contributed by atoms with van der Waals surface area (Å²) in [5.74, 6) is -1.45. The van der Waals surface area contributed by atoms with Gasteiger partial charge < -0.3 is 15.5 Å². The molecule has 1 aliphatic rings. The van der Waals surface area contributed by atoms with Gasteiger partial charge in [0.1, 0.15) is 5.65 Å². The van der Waals surface area contributed by atoms with E-state index < -0.39 is 30.6 Å². The van der Waals surface area contributed by atoms with Crippen molar-refractivity contribution in [3.63, 3.8) is 0 Å². The van der Waals surface area contributed by atoms with Crippen molar-refractivity contribution in [3.05, 3.63) is 34.7 Å². The van der Waals surface area contributed by atoms with Crippen molar-refractivity contribution in [3.8, 4) is 6.07 Å². The van der Waals surface area contributed by atoms with E-state index >= 15 is 0 Å². The maximum Gasteiger partial charge on any atom is 0.471 e. The van der Waals surface area contributed by atoms with Crippen LogP contribution in [0.25, 0.3) is 5.65 Å². The van der Waals surface area contributed by atoms with Gasteiger partial charge >= 0.3 is 12.1 Å². The van der Waals surface area contributed by atoms with Crippen molar-refractivity contribution >= 4 is 39.8 Å². The summed E-state index contributed by atoms with van der Waals surface area (Å²) >= 11 is 3.37. The Morgan fingerprint density at radius 2 is 1.92 bits per heavy atom. The third-order valence-corrected chi connectivity index (χ3v) is 6.22. The van der Waals surface area contributed by atoms with Gasteiger partial charge in [-0.2, -0.15) is 18.4 Å². The summed E-state index contributed by atoms with van der Waals surface area (Å²) in [6, 6.07) is 6.81. The van der Waals surface area contributed by atoms with Crippen LogP contribution in [0.5, 0.6) is 0 Å². The highest BCUT2D eigenvalue weighted by atomic mass is 79.9. The zero-order valence-electron chi connectivity index (χ0n) is 22.3. The first kappa shape index (κ1) is 32.9. The minimum atomic E-state index is -4.95. The number of amides is 3. The standard InChI is InChI=1S/C11H17F3N2O2.C10H7BrN4O.C4H10/c1-7-5-16(6-10(7,2)3)8(17)4-15-9(18)11(12,13)14;11-9-2-1-3-10-13-5-8(15(9)10)7(4-12)14-6-16;1-4(2)3/h7H,4-6H2,1-3H3,(H,15,18);1-3,5-7H,(H,14,16);4H,1-3H3/t7-;;/m0../s1. The molecule has 13 heteroatoms. The number of imidazole rings is 1. The minimum absolute atomic E-state index is 0.0519. The van der Waals surface area contributed by atoms with Gasteiger partial charge in [-0.15, -0.1) is 0 Å². The van der Waals surface area contributed by atoms with Gasteiger partial charge in [0.2, 0.25) is 12.3 Å². The van der Waals surface area contributed by atoms with Gasteiger partial charge in [0.15, 0.2) is 6.04 Å². The second kappa shape index (κ2) is 14.1. The van der Waals surface area contributed by atoms with Crippen LogP contribution in [0.1, 0.15) is 53.3 Å².